The number of carbonyl (C=O) groups excluding carboxylic acids is 3. The number of esters is 2. The number of rotatable bonds is 12. The maximum atomic E-state index is 13.3. The number of ether oxygens (including phenoxy) is 2. The quantitative estimate of drug-likeness (QED) is 0.1000. The van der Waals surface area contributed by atoms with Crippen LogP contribution in [0.2, 0.25) is 18.1 Å². The molecule has 1 saturated carbocycles. The Bertz CT molecular complexity index is 1000. The van der Waals surface area contributed by atoms with Crippen molar-refractivity contribution >= 4 is 26.0 Å². The zero-order chi connectivity index (χ0) is 31.2. The molecule has 7 atom stereocenters. The lowest BCUT2D eigenvalue weighted by Crippen LogP contribution is -2.46. The van der Waals surface area contributed by atoms with Gasteiger partial charge in [-0.2, -0.15) is 0 Å². The largest absolute Gasteiger partial charge is 0.469 e. The van der Waals surface area contributed by atoms with Crippen LogP contribution in [0.4, 0.5) is 0 Å². The highest BCUT2D eigenvalue weighted by atomic mass is 28.4. The lowest BCUT2D eigenvalue weighted by atomic mass is 9.61. The molecule has 0 saturated heterocycles. The molecule has 0 amide bonds. The SMILES string of the molecule is C/C=C/[C@H]1CC2C=C[C@H](C)[C@H](/C=C/C(=O)C[C@H](CC(=O)OC)O[Si](C)(C)C(C)(C)C)C2[C@@H](OC(=O)C(C)(C)CC)C1. The Hall–Kier alpha value is -1.99. The molecule has 41 heavy (non-hydrogen) atoms. The highest BCUT2D eigenvalue weighted by Gasteiger charge is 2.46. The molecule has 2 unspecified atom stereocenters. The summed E-state index contributed by atoms with van der Waals surface area (Å²) in [6.45, 7) is 20.8. The number of fused-ring (bicyclic) bond motifs is 1. The highest BCUT2D eigenvalue weighted by molar-refractivity contribution is 6.74. The van der Waals surface area contributed by atoms with E-state index in [1.165, 1.54) is 7.11 Å². The summed E-state index contributed by atoms with van der Waals surface area (Å²) >= 11 is 0. The lowest BCUT2D eigenvalue weighted by molar-refractivity contribution is -0.168. The summed E-state index contributed by atoms with van der Waals surface area (Å²) in [6.07, 6.45) is 14.5. The van der Waals surface area contributed by atoms with E-state index in [1.54, 1.807) is 6.08 Å². The van der Waals surface area contributed by atoms with Crippen molar-refractivity contribution in [2.24, 2.45) is 35.0 Å². The summed E-state index contributed by atoms with van der Waals surface area (Å²) in [5.74, 6) is 0.376. The predicted octanol–water partition coefficient (Wildman–Crippen LogP) is 7.84. The molecule has 0 aromatic heterocycles. The Morgan fingerprint density at radius 2 is 1.68 bits per heavy atom. The molecule has 0 spiro atoms. The van der Waals surface area contributed by atoms with Gasteiger partial charge in [-0.3, -0.25) is 14.4 Å². The number of allylic oxidation sites excluding steroid dienone is 6. The van der Waals surface area contributed by atoms with Crippen molar-refractivity contribution in [3.8, 4) is 0 Å². The molecular weight excluding hydrogens is 532 g/mol. The third-order valence-electron chi connectivity index (χ3n) is 9.73. The normalized spacial score (nSPS) is 28.0. The van der Waals surface area contributed by atoms with Crippen LogP contribution in [0.1, 0.15) is 87.5 Å². The standard InChI is InChI=1S/C34H56O6Si/c1-12-14-24-19-25-16-15-23(3)28(31(25)29(20-24)39-32(37)34(7,8)13-2)18-17-26(35)21-27(22-30(36)38-9)40-41(10,11)33(4,5)6/h12,14-18,23-25,27-29,31H,13,19-22H2,1-11H3/b14-12+,18-17+/t23-,24-,25?,27+,28-,29-,31?/m0/s1. The first kappa shape index (κ1) is 35.2. The molecule has 0 bridgehead atoms. The molecule has 0 aromatic carbocycles. The van der Waals surface area contributed by atoms with Crippen LogP contribution >= 0.6 is 0 Å². The van der Waals surface area contributed by atoms with Crippen LogP contribution in [0.15, 0.2) is 36.5 Å². The van der Waals surface area contributed by atoms with Gasteiger partial charge in [-0.05, 0) is 87.9 Å². The molecule has 0 radical (unpaired) electrons. The van der Waals surface area contributed by atoms with E-state index in [1.807, 2.05) is 33.8 Å². The van der Waals surface area contributed by atoms with Gasteiger partial charge in [0.25, 0.3) is 0 Å². The van der Waals surface area contributed by atoms with E-state index in [-0.39, 0.29) is 65.4 Å². The predicted molar refractivity (Wildman–Crippen MR) is 168 cm³/mol. The summed E-state index contributed by atoms with van der Waals surface area (Å²) < 4.78 is 17.7. The van der Waals surface area contributed by atoms with E-state index in [9.17, 15) is 14.4 Å². The monoisotopic (exact) mass is 588 g/mol. The first-order valence-electron chi connectivity index (χ1n) is 15.4. The fourth-order valence-electron chi connectivity index (χ4n) is 5.70. The molecule has 0 heterocycles. The van der Waals surface area contributed by atoms with Crippen LogP contribution in [-0.2, 0) is 28.3 Å². The molecule has 232 valence electrons. The van der Waals surface area contributed by atoms with Crippen molar-refractivity contribution in [2.75, 3.05) is 7.11 Å². The molecular formula is C34H56O6Si. The number of hydrogen-bond donors (Lipinski definition) is 0. The van der Waals surface area contributed by atoms with Crippen LogP contribution < -0.4 is 0 Å². The molecule has 2 aliphatic rings. The fourth-order valence-corrected chi connectivity index (χ4v) is 7.05. The minimum atomic E-state index is -2.21. The van der Waals surface area contributed by atoms with Crippen LogP contribution in [-0.4, -0.2) is 45.4 Å². The van der Waals surface area contributed by atoms with Crippen LogP contribution in [0.3, 0.4) is 0 Å². The van der Waals surface area contributed by atoms with E-state index < -0.39 is 19.8 Å². The van der Waals surface area contributed by atoms with Gasteiger partial charge in [-0.15, -0.1) is 0 Å². The Labute approximate surface area is 250 Å². The van der Waals surface area contributed by atoms with Crippen molar-refractivity contribution in [3.63, 3.8) is 0 Å². The van der Waals surface area contributed by atoms with E-state index >= 15 is 0 Å². The molecule has 2 rings (SSSR count). The van der Waals surface area contributed by atoms with Crippen molar-refractivity contribution in [2.45, 2.75) is 118 Å². The Morgan fingerprint density at radius 1 is 1.02 bits per heavy atom. The van der Waals surface area contributed by atoms with E-state index in [0.717, 1.165) is 12.8 Å². The Balaban J connectivity index is 2.30. The van der Waals surface area contributed by atoms with Gasteiger partial charge >= 0.3 is 11.9 Å². The maximum Gasteiger partial charge on any atom is 0.311 e. The first-order chi connectivity index (χ1) is 19.0. The Kier molecular flexibility index (Phi) is 12.4. The minimum Gasteiger partial charge on any atom is -0.469 e. The summed E-state index contributed by atoms with van der Waals surface area (Å²) in [6, 6.07) is 0. The molecule has 1 fully saturated rings. The zero-order valence-electron chi connectivity index (χ0n) is 27.5. The number of methoxy groups -OCH3 is 1. The number of carbonyl (C=O) groups is 3. The molecule has 0 aliphatic heterocycles. The van der Waals surface area contributed by atoms with Gasteiger partial charge in [0.2, 0.25) is 0 Å². The van der Waals surface area contributed by atoms with Crippen molar-refractivity contribution < 1.29 is 28.3 Å². The zero-order valence-corrected chi connectivity index (χ0v) is 28.5. The molecule has 0 aromatic rings. The van der Waals surface area contributed by atoms with E-state index in [0.29, 0.717) is 12.3 Å². The van der Waals surface area contributed by atoms with Gasteiger partial charge in [0, 0.05) is 12.3 Å². The fraction of sp³-hybridized carbons (Fsp3) is 0.735. The Morgan fingerprint density at radius 3 is 2.24 bits per heavy atom. The minimum absolute atomic E-state index is 0.0490. The van der Waals surface area contributed by atoms with Crippen LogP contribution in [0, 0.1) is 35.0 Å². The lowest BCUT2D eigenvalue weighted by Gasteiger charge is -2.47. The smallest absolute Gasteiger partial charge is 0.311 e. The van der Waals surface area contributed by atoms with Gasteiger partial charge in [0.1, 0.15) is 6.10 Å². The van der Waals surface area contributed by atoms with Gasteiger partial charge in [-0.1, -0.05) is 65.0 Å². The first-order valence-corrected chi connectivity index (χ1v) is 18.3. The number of ketones is 1. The van der Waals surface area contributed by atoms with Gasteiger partial charge < -0.3 is 13.9 Å². The molecule has 7 heteroatoms. The van der Waals surface area contributed by atoms with E-state index in [4.69, 9.17) is 13.9 Å². The molecule has 0 N–H and O–H groups in total. The van der Waals surface area contributed by atoms with Gasteiger partial charge in [0.15, 0.2) is 14.1 Å². The van der Waals surface area contributed by atoms with Crippen molar-refractivity contribution in [1.82, 2.24) is 0 Å². The third-order valence-corrected chi connectivity index (χ3v) is 14.3. The van der Waals surface area contributed by atoms with Gasteiger partial charge in [-0.25, -0.2) is 0 Å². The van der Waals surface area contributed by atoms with E-state index in [2.05, 4.69) is 65.1 Å². The average Bonchev–Trinajstić information content (AvgIpc) is 2.87. The average molecular weight is 589 g/mol. The third kappa shape index (κ3) is 9.50. The van der Waals surface area contributed by atoms with Gasteiger partial charge in [0.05, 0.1) is 25.0 Å². The van der Waals surface area contributed by atoms with Crippen LogP contribution in [0.5, 0.6) is 0 Å². The second-order valence-electron chi connectivity index (χ2n) is 14.3. The topological polar surface area (TPSA) is 78.9 Å². The van der Waals surface area contributed by atoms with Crippen LogP contribution in [0.25, 0.3) is 0 Å². The van der Waals surface area contributed by atoms with Crippen molar-refractivity contribution in [3.05, 3.63) is 36.5 Å². The van der Waals surface area contributed by atoms with Crippen molar-refractivity contribution in [1.29, 1.82) is 0 Å². The number of hydrogen-bond acceptors (Lipinski definition) is 6. The highest BCUT2D eigenvalue weighted by Crippen LogP contribution is 2.47. The summed E-state index contributed by atoms with van der Waals surface area (Å²) in [4.78, 5) is 38.7. The second-order valence-corrected chi connectivity index (χ2v) is 19.1. The summed E-state index contributed by atoms with van der Waals surface area (Å²) in [7, 11) is -0.849. The second kappa shape index (κ2) is 14.5. The maximum absolute atomic E-state index is 13.3. The summed E-state index contributed by atoms with van der Waals surface area (Å²) in [5, 5.41) is -0.0519. The summed E-state index contributed by atoms with van der Waals surface area (Å²) in [5.41, 5.74) is -0.542. The molecule has 6 nitrogen and oxygen atoms in total. The molecule has 2 aliphatic carbocycles.